The molecule has 4 aliphatic heterocycles. The van der Waals surface area contributed by atoms with Crippen LogP contribution < -0.4 is 25.2 Å². The highest BCUT2D eigenvalue weighted by Crippen LogP contribution is 2.44. The number of imide groups is 1. The molecule has 354 valence electrons. The minimum absolute atomic E-state index is 0.0749. The highest BCUT2D eigenvalue weighted by Gasteiger charge is 2.46. The molecule has 1 saturated carbocycles. The number of piperazine rings is 1. The molecule has 66 heavy (non-hydrogen) atoms. The van der Waals surface area contributed by atoms with E-state index in [1.807, 2.05) is 12.1 Å². The molecule has 8 rings (SSSR count). The average Bonchev–Trinajstić information content (AvgIpc) is 3.59. The number of carbonyl (C=O) groups excluding carboxylic acids is 6. The third kappa shape index (κ3) is 11.3. The second-order valence-electron chi connectivity index (χ2n) is 18.2. The Morgan fingerprint density at radius 3 is 2.35 bits per heavy atom. The monoisotopic (exact) mass is 907 g/mol. The van der Waals surface area contributed by atoms with Gasteiger partial charge in [-0.15, -0.1) is 0 Å². The molecule has 4 amide bonds. The second kappa shape index (κ2) is 22.5. The first-order valence-electron chi connectivity index (χ1n) is 23.6. The number of benzene rings is 2. The molecule has 1 aliphatic carbocycles. The molecule has 17 heteroatoms. The van der Waals surface area contributed by atoms with Crippen LogP contribution in [0.5, 0.6) is 11.5 Å². The maximum Gasteiger partial charge on any atom is 0.341 e. The molecule has 3 aromatic rings. The van der Waals surface area contributed by atoms with E-state index >= 15 is 0 Å². The van der Waals surface area contributed by atoms with Crippen molar-refractivity contribution < 1.29 is 38.2 Å². The number of aromatic nitrogens is 2. The van der Waals surface area contributed by atoms with Gasteiger partial charge in [-0.05, 0) is 95.9 Å². The number of hydrogen-bond acceptors (Lipinski definition) is 14. The van der Waals surface area contributed by atoms with Gasteiger partial charge in [0.2, 0.25) is 11.8 Å². The van der Waals surface area contributed by atoms with Crippen LogP contribution in [0.25, 0.3) is 0 Å². The Kier molecular flexibility index (Phi) is 16.4. The summed E-state index contributed by atoms with van der Waals surface area (Å²) < 4.78 is 10.9. The normalized spacial score (nSPS) is 19.0. The summed E-state index contributed by atoms with van der Waals surface area (Å²) in [5.41, 5.74) is 2.11. The van der Waals surface area contributed by atoms with Gasteiger partial charge in [-0.1, -0.05) is 37.5 Å². The van der Waals surface area contributed by atoms with Crippen LogP contribution in [0.15, 0.2) is 55.0 Å². The maximum absolute atomic E-state index is 13.5. The van der Waals surface area contributed by atoms with Gasteiger partial charge in [0.25, 0.3) is 11.8 Å². The largest absolute Gasteiger partial charge is 0.465 e. The second-order valence-corrected chi connectivity index (χ2v) is 18.2. The van der Waals surface area contributed by atoms with Crippen LogP contribution in [-0.4, -0.2) is 153 Å². The smallest absolute Gasteiger partial charge is 0.341 e. The van der Waals surface area contributed by atoms with Gasteiger partial charge in [-0.2, -0.15) is 0 Å². The molecule has 1 atom stereocenters. The predicted octanol–water partition coefficient (Wildman–Crippen LogP) is 4.71. The van der Waals surface area contributed by atoms with Crippen molar-refractivity contribution >= 4 is 47.4 Å². The third-order valence-corrected chi connectivity index (χ3v) is 13.7. The number of amides is 4. The van der Waals surface area contributed by atoms with E-state index in [9.17, 15) is 28.8 Å². The molecule has 1 unspecified atom stereocenters. The van der Waals surface area contributed by atoms with Gasteiger partial charge in [-0.25, -0.2) is 14.8 Å². The molecule has 1 aromatic heterocycles. The van der Waals surface area contributed by atoms with Crippen LogP contribution in [0.2, 0.25) is 0 Å². The summed E-state index contributed by atoms with van der Waals surface area (Å²) in [7, 11) is 4.99. The average molecular weight is 908 g/mol. The van der Waals surface area contributed by atoms with E-state index in [1.165, 1.54) is 52.6 Å². The van der Waals surface area contributed by atoms with E-state index in [2.05, 4.69) is 47.2 Å². The number of likely N-dealkylation sites (N-methyl/N-ethyl adjacent to an activating group) is 1. The van der Waals surface area contributed by atoms with Gasteiger partial charge in [0.15, 0.2) is 11.6 Å². The Hall–Kier alpha value is -5.94. The number of unbranched alkanes of at least 4 members (excludes halogenated alkanes) is 1. The quantitative estimate of drug-likeness (QED) is 0.0872. The fourth-order valence-electron chi connectivity index (χ4n) is 9.88. The van der Waals surface area contributed by atoms with Crippen LogP contribution in [0.3, 0.4) is 0 Å². The molecule has 0 bridgehead atoms. The maximum atomic E-state index is 13.5. The fraction of sp³-hybridized carbons (Fsp3) is 0.551. The zero-order chi connectivity index (χ0) is 46.6. The predicted molar refractivity (Wildman–Crippen MR) is 249 cm³/mol. The zero-order valence-electron chi connectivity index (χ0n) is 38.7. The van der Waals surface area contributed by atoms with E-state index in [0.717, 1.165) is 82.2 Å². The van der Waals surface area contributed by atoms with E-state index in [4.69, 9.17) is 9.47 Å². The van der Waals surface area contributed by atoms with Crippen LogP contribution in [0.4, 0.5) is 11.5 Å². The molecule has 2 N–H and O–H groups in total. The lowest BCUT2D eigenvalue weighted by Crippen LogP contribution is -2.60. The minimum Gasteiger partial charge on any atom is -0.465 e. The van der Waals surface area contributed by atoms with Gasteiger partial charge in [0.05, 0.1) is 30.1 Å². The molecule has 5 aliphatic rings. The summed E-state index contributed by atoms with van der Waals surface area (Å²) in [4.78, 5) is 93.1. The number of rotatable bonds is 16. The summed E-state index contributed by atoms with van der Waals surface area (Å²) in [6, 6.07) is 11.6. The van der Waals surface area contributed by atoms with E-state index in [0.29, 0.717) is 71.1 Å². The van der Waals surface area contributed by atoms with Crippen LogP contribution in [0, 0.1) is 5.41 Å². The first-order chi connectivity index (χ1) is 32.0. The molecule has 17 nitrogen and oxygen atoms in total. The number of methoxy groups -OCH3 is 1. The van der Waals surface area contributed by atoms with Crippen molar-refractivity contribution in [3.63, 3.8) is 0 Å². The van der Waals surface area contributed by atoms with Crippen molar-refractivity contribution in [1.82, 2.24) is 35.3 Å². The number of nitrogens with one attached hydrogen (secondary N) is 2. The standard InChI is InChI=1S/C29H41N5O5.C20H24N4O3/c1-30-27(37)24(13-8-20-35)34-28(38)22-11-7-12-23(26(22)29(34)39)33-18-16-32(17-19-33)15-6-5-14-25(36)31-21-9-3-2-4-10-21;1-23-9-7-20(8-10-23)12-24(13-20)18-17(11-21-14-22-18)27-16-6-4-3-5-15(16)19(25)26-2/h7,11-12,20-21,24H,2-6,8-10,13-19H2,1H3,(H,30,37)(H,31,36);3-6,11,14H,7-10,12-13H2,1-2H3. The number of piperidine rings is 1. The Balaban J connectivity index is 0.000000209. The third-order valence-electron chi connectivity index (χ3n) is 13.7. The number of hydrogen-bond donors (Lipinski definition) is 2. The van der Waals surface area contributed by atoms with Gasteiger partial charge in [0.1, 0.15) is 30.0 Å². The highest BCUT2D eigenvalue weighted by molar-refractivity contribution is 6.25. The number of likely N-dealkylation sites (tertiary alicyclic amines) is 1. The van der Waals surface area contributed by atoms with Gasteiger partial charge in [-0.3, -0.25) is 29.0 Å². The summed E-state index contributed by atoms with van der Waals surface area (Å²) in [5.74, 6) is 0.0521. The highest BCUT2D eigenvalue weighted by atomic mass is 16.5. The van der Waals surface area contributed by atoms with Crippen molar-refractivity contribution in [2.24, 2.45) is 5.41 Å². The zero-order valence-corrected chi connectivity index (χ0v) is 38.7. The summed E-state index contributed by atoms with van der Waals surface area (Å²) in [6.45, 7) is 8.25. The number of nitrogens with zero attached hydrogens (tertiary/aromatic N) is 7. The Labute approximate surface area is 387 Å². The summed E-state index contributed by atoms with van der Waals surface area (Å²) >= 11 is 0. The Bertz CT molecular complexity index is 2190. The Morgan fingerprint density at radius 2 is 1.64 bits per heavy atom. The number of carbonyl (C=O) groups is 6. The number of ether oxygens (including phenoxy) is 2. The van der Waals surface area contributed by atoms with E-state index in [1.54, 1.807) is 36.5 Å². The molecular weight excluding hydrogens is 843 g/mol. The first kappa shape index (κ1) is 48.0. The first-order valence-corrected chi connectivity index (χ1v) is 23.6. The van der Waals surface area contributed by atoms with Crippen LogP contribution >= 0.6 is 0 Å². The van der Waals surface area contributed by atoms with Crippen molar-refractivity contribution in [1.29, 1.82) is 0 Å². The molecule has 4 fully saturated rings. The van der Waals surface area contributed by atoms with Crippen molar-refractivity contribution in [2.45, 2.75) is 89.1 Å². The van der Waals surface area contributed by atoms with Gasteiger partial charge >= 0.3 is 5.97 Å². The van der Waals surface area contributed by atoms with E-state index in [-0.39, 0.29) is 18.7 Å². The van der Waals surface area contributed by atoms with Crippen LogP contribution in [0.1, 0.15) is 108 Å². The number of para-hydroxylation sites is 1. The number of esters is 1. The fourth-order valence-corrected chi connectivity index (χ4v) is 9.88. The van der Waals surface area contributed by atoms with Crippen molar-refractivity contribution in [3.05, 3.63) is 71.7 Å². The molecule has 5 heterocycles. The molecule has 1 spiro atoms. The number of fused-ring (bicyclic) bond motifs is 1. The SMILES string of the molecule is CNC(=O)C(CCC=O)N1C(=O)c2cccc(N3CCN(CCCCC(=O)NC4CCCCC4)CC3)c2C1=O.COC(=O)c1ccccc1Oc1cncnc1N1CC2(CCN(C)CC2)C1. The minimum atomic E-state index is -1.03. The van der Waals surface area contributed by atoms with E-state index < -0.39 is 29.7 Å². The van der Waals surface area contributed by atoms with Crippen molar-refractivity contribution in [3.8, 4) is 11.5 Å². The Morgan fingerprint density at radius 1 is 0.894 bits per heavy atom. The van der Waals surface area contributed by atoms with Crippen molar-refractivity contribution in [2.75, 3.05) is 89.9 Å². The molecular formula is C49H65N9O8. The summed E-state index contributed by atoms with van der Waals surface area (Å²) in [5, 5.41) is 5.69. The summed E-state index contributed by atoms with van der Waals surface area (Å²) in [6.07, 6.45) is 14.8. The molecule has 2 aromatic carbocycles. The van der Waals surface area contributed by atoms with Gasteiger partial charge in [0, 0.05) is 70.6 Å². The lowest BCUT2D eigenvalue weighted by molar-refractivity contribution is -0.125. The van der Waals surface area contributed by atoms with Gasteiger partial charge < -0.3 is 39.6 Å². The number of anilines is 2. The molecule has 0 radical (unpaired) electrons. The number of aldehydes is 1. The lowest BCUT2D eigenvalue weighted by atomic mass is 9.72. The van der Waals surface area contributed by atoms with Crippen LogP contribution in [-0.2, 0) is 19.1 Å². The topological polar surface area (TPSA) is 187 Å². The lowest BCUT2D eigenvalue weighted by Gasteiger charge is -2.54. The molecule has 3 saturated heterocycles.